The van der Waals surface area contributed by atoms with Gasteiger partial charge in [0.05, 0.1) is 17.6 Å². The Kier molecular flexibility index (Phi) is 6.19. The van der Waals surface area contributed by atoms with E-state index in [0.29, 0.717) is 5.02 Å². The van der Waals surface area contributed by atoms with Crippen LogP contribution in [0.2, 0.25) is 5.02 Å². The van der Waals surface area contributed by atoms with Crippen LogP contribution in [0.5, 0.6) is 0 Å². The summed E-state index contributed by atoms with van der Waals surface area (Å²) in [6.45, 7) is 5.14. The zero-order valence-corrected chi connectivity index (χ0v) is 13.9. The Hall–Kier alpha value is -0.660. The molecule has 0 aromatic heterocycles. The summed E-state index contributed by atoms with van der Waals surface area (Å²) in [5, 5.41) is 19.7. The van der Waals surface area contributed by atoms with Crippen molar-refractivity contribution in [3.05, 3.63) is 29.3 Å². The van der Waals surface area contributed by atoms with Crippen molar-refractivity contribution in [3.63, 3.8) is 0 Å². The van der Waals surface area contributed by atoms with E-state index >= 15 is 0 Å². The Morgan fingerprint density at radius 1 is 1.33 bits per heavy atom. The fraction of sp³-hybridized carbons (Fsp3) is 0.571. The number of sulfonamides is 1. The number of hydrogen-bond donors (Lipinski definition) is 3. The number of aliphatic hydroxyl groups excluding tert-OH is 2. The zero-order valence-electron chi connectivity index (χ0n) is 12.4. The lowest BCUT2D eigenvalue weighted by Gasteiger charge is -2.29. The van der Waals surface area contributed by atoms with Crippen molar-refractivity contribution in [3.8, 4) is 0 Å². The van der Waals surface area contributed by atoms with Gasteiger partial charge in [-0.1, -0.05) is 38.4 Å². The van der Waals surface area contributed by atoms with E-state index in [1.165, 1.54) is 18.2 Å². The maximum atomic E-state index is 12.2. The smallest absolute Gasteiger partial charge is 0.240 e. The Labute approximate surface area is 131 Å². The van der Waals surface area contributed by atoms with Gasteiger partial charge in [0.25, 0.3) is 0 Å². The molecule has 0 unspecified atom stereocenters. The molecule has 2 atom stereocenters. The highest BCUT2D eigenvalue weighted by Crippen LogP contribution is 2.23. The van der Waals surface area contributed by atoms with Crippen molar-refractivity contribution in [1.29, 1.82) is 0 Å². The van der Waals surface area contributed by atoms with Crippen LogP contribution in [-0.2, 0) is 10.0 Å². The molecule has 0 heterocycles. The summed E-state index contributed by atoms with van der Waals surface area (Å²) in [6, 6.07) is 5.10. The highest BCUT2D eigenvalue weighted by atomic mass is 35.5. The molecule has 1 aromatic carbocycles. The molecule has 0 aliphatic rings. The minimum absolute atomic E-state index is 0.0266. The molecule has 7 heteroatoms. The van der Waals surface area contributed by atoms with Crippen molar-refractivity contribution in [1.82, 2.24) is 4.72 Å². The van der Waals surface area contributed by atoms with E-state index in [1.807, 2.05) is 20.8 Å². The molecule has 0 saturated carbocycles. The summed E-state index contributed by atoms with van der Waals surface area (Å²) in [5.74, 6) is 0. The standard InChI is InChI=1S/C14H22ClNO4S/c1-14(2,3)13(18)8-11(9-17)16-21(19,20)12-6-4-5-10(15)7-12/h4-7,11,13,16-18H,8-9H2,1-3H3/t11-,13+/m0/s1. The van der Waals surface area contributed by atoms with Crippen LogP contribution in [0.25, 0.3) is 0 Å². The molecule has 21 heavy (non-hydrogen) atoms. The van der Waals surface area contributed by atoms with Gasteiger partial charge >= 0.3 is 0 Å². The number of aliphatic hydroxyl groups is 2. The average molecular weight is 336 g/mol. The summed E-state index contributed by atoms with van der Waals surface area (Å²) < 4.78 is 26.8. The van der Waals surface area contributed by atoms with Crippen LogP contribution in [0.4, 0.5) is 0 Å². The largest absolute Gasteiger partial charge is 0.395 e. The molecule has 0 radical (unpaired) electrons. The summed E-state index contributed by atoms with van der Waals surface area (Å²) in [4.78, 5) is 0.0266. The van der Waals surface area contributed by atoms with Gasteiger partial charge in [0.15, 0.2) is 0 Å². The Morgan fingerprint density at radius 3 is 2.43 bits per heavy atom. The van der Waals surface area contributed by atoms with E-state index in [1.54, 1.807) is 6.07 Å². The second-order valence-electron chi connectivity index (χ2n) is 6.08. The third kappa shape index (κ3) is 5.56. The lowest BCUT2D eigenvalue weighted by atomic mass is 9.86. The molecule has 0 saturated heterocycles. The first-order valence-electron chi connectivity index (χ1n) is 6.63. The third-order valence-electron chi connectivity index (χ3n) is 3.16. The first-order chi connectivity index (χ1) is 9.56. The molecule has 3 N–H and O–H groups in total. The van der Waals surface area contributed by atoms with Gasteiger partial charge in [-0.3, -0.25) is 0 Å². The minimum Gasteiger partial charge on any atom is -0.395 e. The maximum absolute atomic E-state index is 12.2. The predicted molar refractivity (Wildman–Crippen MR) is 82.7 cm³/mol. The molecule has 0 aliphatic carbocycles. The Morgan fingerprint density at radius 2 is 1.95 bits per heavy atom. The van der Waals surface area contributed by atoms with Crippen molar-refractivity contribution >= 4 is 21.6 Å². The number of hydrogen-bond acceptors (Lipinski definition) is 4. The van der Waals surface area contributed by atoms with Gasteiger partial charge in [-0.15, -0.1) is 0 Å². The monoisotopic (exact) mass is 335 g/mol. The van der Waals surface area contributed by atoms with E-state index in [2.05, 4.69) is 4.72 Å². The molecule has 1 rings (SSSR count). The lowest BCUT2D eigenvalue weighted by Crippen LogP contribution is -2.42. The maximum Gasteiger partial charge on any atom is 0.240 e. The second-order valence-corrected chi connectivity index (χ2v) is 8.23. The number of benzene rings is 1. The molecule has 1 aromatic rings. The molecule has 0 aliphatic heterocycles. The first-order valence-corrected chi connectivity index (χ1v) is 8.49. The SMILES string of the molecule is CC(C)(C)[C@H](O)C[C@@H](CO)NS(=O)(=O)c1cccc(Cl)c1. The van der Waals surface area contributed by atoms with Crippen LogP contribution in [0.15, 0.2) is 29.2 Å². The van der Waals surface area contributed by atoms with Gasteiger partial charge < -0.3 is 10.2 Å². The molecular formula is C14H22ClNO4S. The van der Waals surface area contributed by atoms with Crippen molar-refractivity contribution < 1.29 is 18.6 Å². The fourth-order valence-corrected chi connectivity index (χ4v) is 3.25. The van der Waals surface area contributed by atoms with Crippen LogP contribution in [0.3, 0.4) is 0 Å². The number of rotatable bonds is 6. The van der Waals surface area contributed by atoms with Gasteiger partial charge in [-0.25, -0.2) is 13.1 Å². The highest BCUT2D eigenvalue weighted by molar-refractivity contribution is 7.89. The van der Waals surface area contributed by atoms with E-state index in [4.69, 9.17) is 11.6 Å². The molecule has 120 valence electrons. The molecule has 0 spiro atoms. The van der Waals surface area contributed by atoms with Gasteiger partial charge in [0.1, 0.15) is 0 Å². The zero-order chi connectivity index (χ0) is 16.3. The summed E-state index contributed by atoms with van der Waals surface area (Å²) in [5.41, 5.74) is -0.394. The van der Waals surface area contributed by atoms with Gasteiger partial charge in [-0.05, 0) is 30.0 Å². The third-order valence-corrected chi connectivity index (χ3v) is 4.91. The van der Waals surface area contributed by atoms with Gasteiger partial charge in [0.2, 0.25) is 10.0 Å². The van der Waals surface area contributed by atoms with Crippen LogP contribution in [-0.4, -0.2) is 37.4 Å². The minimum atomic E-state index is -3.79. The fourth-order valence-electron chi connectivity index (χ4n) is 1.70. The number of halogens is 1. The molecule has 5 nitrogen and oxygen atoms in total. The van der Waals surface area contributed by atoms with E-state index in [-0.39, 0.29) is 11.3 Å². The topological polar surface area (TPSA) is 86.6 Å². The normalized spacial score (nSPS) is 15.7. The van der Waals surface area contributed by atoms with E-state index in [0.717, 1.165) is 0 Å². The van der Waals surface area contributed by atoms with Gasteiger partial charge in [0, 0.05) is 11.1 Å². The van der Waals surface area contributed by atoms with Crippen LogP contribution in [0, 0.1) is 5.41 Å². The average Bonchev–Trinajstić information content (AvgIpc) is 2.36. The predicted octanol–water partition coefficient (Wildman–Crippen LogP) is 1.78. The number of nitrogens with one attached hydrogen (secondary N) is 1. The molecular weight excluding hydrogens is 314 g/mol. The quantitative estimate of drug-likeness (QED) is 0.739. The Balaban J connectivity index is 2.86. The van der Waals surface area contributed by atoms with Gasteiger partial charge in [-0.2, -0.15) is 0 Å². The Bertz CT molecular complexity index is 569. The first kappa shape index (κ1) is 18.4. The van der Waals surface area contributed by atoms with Crippen molar-refractivity contribution in [2.45, 2.75) is 44.2 Å². The summed E-state index contributed by atoms with van der Waals surface area (Å²) in [7, 11) is -3.79. The van der Waals surface area contributed by atoms with Crippen molar-refractivity contribution in [2.75, 3.05) is 6.61 Å². The van der Waals surface area contributed by atoms with Crippen LogP contribution < -0.4 is 4.72 Å². The molecule has 0 amide bonds. The highest BCUT2D eigenvalue weighted by Gasteiger charge is 2.28. The van der Waals surface area contributed by atoms with Crippen LogP contribution in [0.1, 0.15) is 27.2 Å². The van der Waals surface area contributed by atoms with E-state index in [9.17, 15) is 18.6 Å². The summed E-state index contributed by atoms with van der Waals surface area (Å²) in [6.07, 6.45) is -0.614. The molecule has 0 fully saturated rings. The van der Waals surface area contributed by atoms with Crippen molar-refractivity contribution in [2.24, 2.45) is 5.41 Å². The summed E-state index contributed by atoms with van der Waals surface area (Å²) >= 11 is 5.78. The second kappa shape index (κ2) is 7.07. The van der Waals surface area contributed by atoms with Crippen LogP contribution >= 0.6 is 11.6 Å². The molecule has 0 bridgehead atoms. The van der Waals surface area contributed by atoms with E-state index < -0.39 is 34.2 Å². The lowest BCUT2D eigenvalue weighted by molar-refractivity contribution is 0.0420.